The predicted molar refractivity (Wildman–Crippen MR) is 131 cm³/mol. The van der Waals surface area contributed by atoms with Crippen LogP contribution in [0.5, 0.6) is 5.88 Å². The summed E-state index contributed by atoms with van der Waals surface area (Å²) in [6.07, 6.45) is -2.76. The molecule has 1 rings (SSSR count). The van der Waals surface area contributed by atoms with E-state index in [4.69, 9.17) is 23.5 Å². The smallest absolute Gasteiger partial charge is 0.421 e. The van der Waals surface area contributed by atoms with Crippen molar-refractivity contribution in [2.45, 2.75) is 95.8 Å². The lowest BCUT2D eigenvalue weighted by atomic mass is 10.1. The summed E-state index contributed by atoms with van der Waals surface area (Å²) in [4.78, 5) is 40.4. The van der Waals surface area contributed by atoms with Crippen LogP contribution in [0.2, 0.25) is 0 Å². The van der Waals surface area contributed by atoms with Gasteiger partial charge in [0.2, 0.25) is 4.45 Å². The van der Waals surface area contributed by atoms with E-state index in [1.807, 2.05) is 0 Å². The van der Waals surface area contributed by atoms with E-state index in [1.165, 1.54) is 0 Å². The van der Waals surface area contributed by atoms with E-state index in [1.54, 1.807) is 62.3 Å². The SMILES string of the molecule is CCOC(=O)C(Br)(Cc1c(OC(C)C)noc1CBr)N(C(=O)OC(C)(C)C)C(=O)OC(C)(C)C. The van der Waals surface area contributed by atoms with Gasteiger partial charge in [-0.25, -0.2) is 14.4 Å². The van der Waals surface area contributed by atoms with Gasteiger partial charge in [0.25, 0.3) is 5.88 Å². The van der Waals surface area contributed by atoms with E-state index >= 15 is 0 Å². The minimum absolute atomic E-state index is 0.00699. The largest absolute Gasteiger partial charge is 0.473 e. The summed E-state index contributed by atoms with van der Waals surface area (Å²) in [6, 6.07) is 0. The van der Waals surface area contributed by atoms with Gasteiger partial charge in [-0.3, -0.25) is 0 Å². The molecule has 1 aromatic rings. The second-order valence-corrected chi connectivity index (χ2v) is 11.5. The highest BCUT2D eigenvalue weighted by atomic mass is 79.9. The number of carbonyl (C=O) groups is 3. The van der Waals surface area contributed by atoms with E-state index < -0.39 is 33.8 Å². The first-order valence-electron chi connectivity index (χ1n) is 10.8. The molecule has 194 valence electrons. The van der Waals surface area contributed by atoms with Crippen molar-refractivity contribution < 1.29 is 37.9 Å². The number of imide groups is 1. The Hall–Kier alpha value is -1.82. The second-order valence-electron chi connectivity index (χ2n) is 9.64. The van der Waals surface area contributed by atoms with Gasteiger partial charge in [0.05, 0.1) is 23.6 Å². The molecule has 0 aliphatic heterocycles. The molecule has 1 aromatic heterocycles. The predicted octanol–water partition coefficient (Wildman–Crippen LogP) is 5.73. The van der Waals surface area contributed by atoms with Crippen molar-refractivity contribution in [3.8, 4) is 5.88 Å². The average Bonchev–Trinajstić information content (AvgIpc) is 2.99. The van der Waals surface area contributed by atoms with Gasteiger partial charge < -0.3 is 23.5 Å². The first-order valence-corrected chi connectivity index (χ1v) is 12.7. The molecule has 34 heavy (non-hydrogen) atoms. The van der Waals surface area contributed by atoms with Gasteiger partial charge in [-0.2, -0.15) is 4.90 Å². The van der Waals surface area contributed by atoms with Crippen molar-refractivity contribution in [2.75, 3.05) is 6.61 Å². The summed E-state index contributed by atoms with van der Waals surface area (Å²) in [5, 5.41) is 4.17. The van der Waals surface area contributed by atoms with Crippen LogP contribution >= 0.6 is 31.9 Å². The van der Waals surface area contributed by atoms with Gasteiger partial charge in [-0.05, 0) is 83.4 Å². The maximum atomic E-state index is 13.3. The standard InChI is InChI=1S/C22H34Br2N2O8/c1-10-30-17(27)22(24,11-14-15(12-23)34-25-16(14)31-13(2)3)26(18(28)32-20(4,5)6)19(29)33-21(7,8)9/h13H,10-12H2,1-9H3. The number of carbonyl (C=O) groups excluding carboxylic acids is 3. The van der Waals surface area contributed by atoms with Gasteiger partial charge in [0.1, 0.15) is 11.2 Å². The summed E-state index contributed by atoms with van der Waals surface area (Å²) in [5.41, 5.74) is -1.58. The highest BCUT2D eigenvalue weighted by Crippen LogP contribution is 2.37. The number of nitrogens with zero attached hydrogens (tertiary/aromatic N) is 2. The molecule has 0 radical (unpaired) electrons. The normalized spacial score (nSPS) is 13.8. The van der Waals surface area contributed by atoms with E-state index in [0.29, 0.717) is 16.2 Å². The molecule has 0 aromatic carbocycles. The number of ether oxygens (including phenoxy) is 4. The summed E-state index contributed by atoms with van der Waals surface area (Å²) in [6.45, 7) is 15.0. The van der Waals surface area contributed by atoms with Crippen LogP contribution < -0.4 is 4.74 Å². The molecule has 0 aliphatic carbocycles. The maximum absolute atomic E-state index is 13.3. The van der Waals surface area contributed by atoms with Crippen LogP contribution in [-0.4, -0.2) is 56.6 Å². The highest BCUT2D eigenvalue weighted by Gasteiger charge is 2.53. The fourth-order valence-corrected chi connectivity index (χ4v) is 3.74. The van der Waals surface area contributed by atoms with Crippen molar-refractivity contribution >= 4 is 50.0 Å². The Morgan fingerprint density at radius 3 is 1.91 bits per heavy atom. The zero-order chi connectivity index (χ0) is 26.5. The lowest BCUT2D eigenvalue weighted by molar-refractivity contribution is -0.150. The Balaban J connectivity index is 3.71. The molecule has 0 saturated heterocycles. The van der Waals surface area contributed by atoms with Gasteiger partial charge in [-0.15, -0.1) is 0 Å². The summed E-state index contributed by atoms with van der Waals surface area (Å²) < 4.78 is 25.2. The summed E-state index contributed by atoms with van der Waals surface area (Å²) >= 11 is 6.65. The van der Waals surface area contributed by atoms with Gasteiger partial charge >= 0.3 is 18.2 Å². The number of halogens is 2. The van der Waals surface area contributed by atoms with Crippen LogP contribution in [0.4, 0.5) is 9.59 Å². The van der Waals surface area contributed by atoms with E-state index in [2.05, 4.69) is 37.0 Å². The first-order chi connectivity index (χ1) is 15.4. The molecule has 0 bridgehead atoms. The monoisotopic (exact) mass is 612 g/mol. The number of aromatic nitrogens is 1. The number of alkyl halides is 2. The van der Waals surface area contributed by atoms with Crippen molar-refractivity contribution in [1.82, 2.24) is 10.1 Å². The molecule has 0 spiro atoms. The third-order valence-electron chi connectivity index (χ3n) is 3.81. The minimum Gasteiger partial charge on any atom is -0.473 e. The number of hydrogen-bond acceptors (Lipinski definition) is 9. The van der Waals surface area contributed by atoms with Crippen molar-refractivity contribution in [2.24, 2.45) is 0 Å². The van der Waals surface area contributed by atoms with Crippen LogP contribution in [0.1, 0.15) is 73.6 Å². The molecule has 2 amide bonds. The lowest BCUT2D eigenvalue weighted by Gasteiger charge is -2.37. The summed E-state index contributed by atoms with van der Waals surface area (Å²) in [7, 11) is 0. The number of esters is 1. The topological polar surface area (TPSA) is 117 Å². The number of rotatable bonds is 8. The molecule has 0 aliphatic rings. The quantitative estimate of drug-likeness (QED) is 0.157. The van der Waals surface area contributed by atoms with E-state index in [0.717, 1.165) is 0 Å². The Kier molecular flexibility index (Phi) is 10.4. The van der Waals surface area contributed by atoms with Crippen LogP contribution in [0.25, 0.3) is 0 Å². The highest BCUT2D eigenvalue weighted by molar-refractivity contribution is 9.10. The van der Waals surface area contributed by atoms with Crippen molar-refractivity contribution in [1.29, 1.82) is 0 Å². The third-order valence-corrected chi connectivity index (χ3v) is 5.28. The Morgan fingerprint density at radius 1 is 1.03 bits per heavy atom. The van der Waals surface area contributed by atoms with Gasteiger partial charge in [-0.1, -0.05) is 15.9 Å². The first kappa shape index (κ1) is 30.2. The lowest BCUT2D eigenvalue weighted by Crippen LogP contribution is -2.59. The van der Waals surface area contributed by atoms with Crippen molar-refractivity contribution in [3.63, 3.8) is 0 Å². The summed E-state index contributed by atoms with van der Waals surface area (Å²) in [5.74, 6) is -0.452. The molecular weight excluding hydrogens is 580 g/mol. The average molecular weight is 614 g/mol. The number of hydrogen-bond donors (Lipinski definition) is 0. The molecule has 10 nitrogen and oxygen atoms in total. The van der Waals surface area contributed by atoms with E-state index in [-0.39, 0.29) is 30.3 Å². The maximum Gasteiger partial charge on any atom is 0.421 e. The molecule has 1 heterocycles. The molecule has 0 fully saturated rings. The zero-order valence-electron chi connectivity index (χ0n) is 21.1. The van der Waals surface area contributed by atoms with Crippen LogP contribution in [-0.2, 0) is 30.8 Å². The van der Waals surface area contributed by atoms with Crippen molar-refractivity contribution in [3.05, 3.63) is 11.3 Å². The van der Waals surface area contributed by atoms with Crippen LogP contribution in [0, 0.1) is 0 Å². The number of amides is 2. The third kappa shape index (κ3) is 8.44. The van der Waals surface area contributed by atoms with Gasteiger partial charge in [0, 0.05) is 6.42 Å². The second kappa shape index (κ2) is 11.7. The fraction of sp³-hybridized carbons (Fsp3) is 0.727. The Morgan fingerprint density at radius 2 is 1.53 bits per heavy atom. The van der Waals surface area contributed by atoms with Gasteiger partial charge in [0.15, 0.2) is 5.76 Å². The minimum atomic E-state index is -2.06. The molecule has 1 unspecified atom stereocenters. The van der Waals surface area contributed by atoms with Crippen LogP contribution in [0.15, 0.2) is 4.52 Å². The molecule has 0 N–H and O–H groups in total. The fourth-order valence-electron chi connectivity index (χ4n) is 2.62. The molecule has 1 atom stereocenters. The van der Waals surface area contributed by atoms with Crippen LogP contribution in [0.3, 0.4) is 0 Å². The Bertz CT molecular complexity index is 845. The molecule has 12 heteroatoms. The molecular formula is C22H34Br2N2O8. The Labute approximate surface area is 217 Å². The molecule has 0 saturated carbocycles. The zero-order valence-corrected chi connectivity index (χ0v) is 24.3. The van der Waals surface area contributed by atoms with E-state index in [9.17, 15) is 14.4 Å².